The quantitative estimate of drug-likeness (QED) is 0.557. The molecular formula is C12H18O. The summed E-state index contributed by atoms with van der Waals surface area (Å²) in [6.07, 6.45) is 9.97. The summed E-state index contributed by atoms with van der Waals surface area (Å²) in [6.45, 7) is 0. The van der Waals surface area contributed by atoms with Crippen LogP contribution >= 0.6 is 0 Å². The maximum atomic E-state index is 12.1. The van der Waals surface area contributed by atoms with Gasteiger partial charge in [-0.2, -0.15) is 0 Å². The van der Waals surface area contributed by atoms with Gasteiger partial charge in [0.15, 0.2) is 0 Å². The first kappa shape index (κ1) is 8.02. The Hall–Kier alpha value is -0.330. The lowest BCUT2D eigenvalue weighted by Crippen LogP contribution is -2.36. The highest BCUT2D eigenvalue weighted by molar-refractivity contribution is 5.86. The molecule has 1 heteroatoms. The van der Waals surface area contributed by atoms with Crippen LogP contribution in [0.1, 0.15) is 51.4 Å². The van der Waals surface area contributed by atoms with E-state index in [2.05, 4.69) is 0 Å². The number of fused-ring (bicyclic) bond motifs is 3. The van der Waals surface area contributed by atoms with Crippen LogP contribution in [0.3, 0.4) is 0 Å². The molecule has 3 atom stereocenters. The number of carbonyl (C=O) groups is 1. The van der Waals surface area contributed by atoms with Gasteiger partial charge < -0.3 is 0 Å². The second kappa shape index (κ2) is 2.59. The number of carbonyl (C=O) groups excluding carboxylic acids is 1. The first-order valence-electron chi connectivity index (χ1n) is 5.84. The van der Waals surface area contributed by atoms with Crippen LogP contribution in [0.2, 0.25) is 0 Å². The van der Waals surface area contributed by atoms with Crippen LogP contribution in [0, 0.1) is 17.3 Å². The summed E-state index contributed by atoms with van der Waals surface area (Å²) in [7, 11) is 0. The van der Waals surface area contributed by atoms with E-state index in [-0.39, 0.29) is 5.41 Å². The summed E-state index contributed by atoms with van der Waals surface area (Å²) in [4.78, 5) is 12.1. The SMILES string of the molecule is O=C1CCC2CCC13CCCC3C2. The average molecular weight is 178 g/mol. The van der Waals surface area contributed by atoms with E-state index in [1.54, 1.807) is 0 Å². The summed E-state index contributed by atoms with van der Waals surface area (Å²) in [5.74, 6) is 2.33. The molecule has 2 bridgehead atoms. The summed E-state index contributed by atoms with van der Waals surface area (Å²) in [6, 6.07) is 0. The van der Waals surface area contributed by atoms with Crippen molar-refractivity contribution < 1.29 is 4.79 Å². The molecule has 3 unspecified atom stereocenters. The Balaban J connectivity index is 2.02. The van der Waals surface area contributed by atoms with Crippen molar-refractivity contribution in [1.82, 2.24) is 0 Å². The maximum Gasteiger partial charge on any atom is 0.139 e. The highest BCUT2D eigenvalue weighted by atomic mass is 16.1. The largest absolute Gasteiger partial charge is 0.299 e. The first-order chi connectivity index (χ1) is 6.31. The lowest BCUT2D eigenvalue weighted by Gasteiger charge is -2.38. The molecule has 0 aromatic carbocycles. The minimum atomic E-state index is 0.201. The Morgan fingerprint density at radius 1 is 1.15 bits per heavy atom. The minimum absolute atomic E-state index is 0.201. The third-order valence-electron chi connectivity index (χ3n) is 4.91. The Labute approximate surface area is 79.9 Å². The third kappa shape index (κ3) is 0.963. The monoisotopic (exact) mass is 178 g/mol. The van der Waals surface area contributed by atoms with Crippen molar-refractivity contribution in [3.8, 4) is 0 Å². The number of rotatable bonds is 0. The van der Waals surface area contributed by atoms with Gasteiger partial charge in [-0.05, 0) is 50.4 Å². The predicted molar refractivity (Wildman–Crippen MR) is 51.4 cm³/mol. The van der Waals surface area contributed by atoms with Crippen molar-refractivity contribution in [2.75, 3.05) is 0 Å². The van der Waals surface area contributed by atoms with Crippen molar-refractivity contribution in [3.05, 3.63) is 0 Å². The lowest BCUT2D eigenvalue weighted by molar-refractivity contribution is -0.131. The number of hydrogen-bond acceptors (Lipinski definition) is 1. The van der Waals surface area contributed by atoms with Crippen LogP contribution < -0.4 is 0 Å². The van der Waals surface area contributed by atoms with Gasteiger partial charge in [0, 0.05) is 11.8 Å². The van der Waals surface area contributed by atoms with Gasteiger partial charge in [0.25, 0.3) is 0 Å². The first-order valence-corrected chi connectivity index (χ1v) is 5.84. The second-order valence-corrected chi connectivity index (χ2v) is 5.35. The molecule has 0 aromatic rings. The molecule has 4 fully saturated rings. The molecule has 0 aromatic heterocycles. The van der Waals surface area contributed by atoms with Gasteiger partial charge in [-0.3, -0.25) is 4.79 Å². The molecule has 4 aliphatic carbocycles. The van der Waals surface area contributed by atoms with Gasteiger partial charge in [-0.1, -0.05) is 6.42 Å². The van der Waals surface area contributed by atoms with Gasteiger partial charge in [0.05, 0.1) is 0 Å². The average Bonchev–Trinajstić information content (AvgIpc) is 2.46. The van der Waals surface area contributed by atoms with E-state index in [9.17, 15) is 4.79 Å². The van der Waals surface area contributed by atoms with Crippen molar-refractivity contribution >= 4 is 5.78 Å². The van der Waals surface area contributed by atoms with Crippen molar-refractivity contribution in [2.45, 2.75) is 51.4 Å². The highest BCUT2D eigenvalue weighted by Gasteiger charge is 2.52. The molecule has 13 heavy (non-hydrogen) atoms. The van der Waals surface area contributed by atoms with Gasteiger partial charge >= 0.3 is 0 Å². The molecule has 4 aliphatic rings. The molecule has 4 saturated carbocycles. The van der Waals surface area contributed by atoms with Crippen LogP contribution in [0.5, 0.6) is 0 Å². The summed E-state index contributed by atoms with van der Waals surface area (Å²) in [5.41, 5.74) is 0.201. The fraction of sp³-hybridized carbons (Fsp3) is 0.917. The van der Waals surface area contributed by atoms with E-state index in [1.807, 2.05) is 0 Å². The Kier molecular flexibility index (Phi) is 1.59. The third-order valence-corrected chi connectivity index (χ3v) is 4.91. The van der Waals surface area contributed by atoms with E-state index in [4.69, 9.17) is 0 Å². The minimum Gasteiger partial charge on any atom is -0.299 e. The van der Waals surface area contributed by atoms with E-state index in [1.165, 1.54) is 44.9 Å². The maximum absolute atomic E-state index is 12.1. The Bertz CT molecular complexity index is 246. The molecule has 0 aliphatic heterocycles. The zero-order valence-electron chi connectivity index (χ0n) is 8.22. The molecule has 72 valence electrons. The van der Waals surface area contributed by atoms with Gasteiger partial charge in [-0.15, -0.1) is 0 Å². The zero-order chi connectivity index (χ0) is 8.89. The van der Waals surface area contributed by atoms with E-state index < -0.39 is 0 Å². The van der Waals surface area contributed by atoms with E-state index >= 15 is 0 Å². The Morgan fingerprint density at radius 2 is 2.08 bits per heavy atom. The van der Waals surface area contributed by atoms with Crippen molar-refractivity contribution in [1.29, 1.82) is 0 Å². The zero-order valence-corrected chi connectivity index (χ0v) is 8.22. The lowest BCUT2D eigenvalue weighted by atomic mass is 9.65. The number of hydrogen-bond donors (Lipinski definition) is 0. The van der Waals surface area contributed by atoms with Crippen LogP contribution in [0.25, 0.3) is 0 Å². The Morgan fingerprint density at radius 3 is 3.00 bits per heavy atom. The van der Waals surface area contributed by atoms with Gasteiger partial charge in [0.1, 0.15) is 5.78 Å². The van der Waals surface area contributed by atoms with Crippen LogP contribution in [-0.4, -0.2) is 5.78 Å². The highest BCUT2D eigenvalue weighted by Crippen LogP contribution is 2.57. The van der Waals surface area contributed by atoms with Gasteiger partial charge in [0.2, 0.25) is 0 Å². The standard InChI is InChI=1S/C12H18O/c13-11-4-3-9-5-7-12(11)6-1-2-10(12)8-9/h9-10H,1-8H2. The second-order valence-electron chi connectivity index (χ2n) is 5.35. The van der Waals surface area contributed by atoms with Crippen molar-refractivity contribution in [2.24, 2.45) is 17.3 Å². The fourth-order valence-electron chi connectivity index (χ4n) is 4.15. The molecule has 1 nitrogen and oxygen atoms in total. The topological polar surface area (TPSA) is 17.1 Å². The van der Waals surface area contributed by atoms with Crippen LogP contribution in [-0.2, 0) is 4.79 Å². The van der Waals surface area contributed by atoms with Crippen molar-refractivity contribution in [3.63, 3.8) is 0 Å². The summed E-state index contributed by atoms with van der Waals surface area (Å²) >= 11 is 0. The molecule has 0 saturated heterocycles. The molecular weight excluding hydrogens is 160 g/mol. The van der Waals surface area contributed by atoms with Crippen LogP contribution in [0.15, 0.2) is 0 Å². The number of ketones is 1. The molecule has 0 radical (unpaired) electrons. The smallest absolute Gasteiger partial charge is 0.139 e. The van der Waals surface area contributed by atoms with E-state index in [0.717, 1.165) is 18.3 Å². The normalized spacial score (nSPS) is 49.1. The molecule has 0 heterocycles. The van der Waals surface area contributed by atoms with E-state index in [0.29, 0.717) is 5.78 Å². The fourth-order valence-corrected chi connectivity index (χ4v) is 4.15. The predicted octanol–water partition coefficient (Wildman–Crippen LogP) is 2.94. The molecule has 1 spiro atoms. The molecule has 4 rings (SSSR count). The van der Waals surface area contributed by atoms with Gasteiger partial charge in [-0.25, -0.2) is 0 Å². The van der Waals surface area contributed by atoms with Crippen LogP contribution in [0.4, 0.5) is 0 Å². The molecule has 0 amide bonds. The summed E-state index contributed by atoms with van der Waals surface area (Å²) < 4.78 is 0. The molecule has 0 N–H and O–H groups in total. The number of Topliss-reactive ketones (excluding diaryl/α,β-unsaturated/α-hetero) is 1. The summed E-state index contributed by atoms with van der Waals surface area (Å²) in [5, 5.41) is 0.